The van der Waals surface area contributed by atoms with Gasteiger partial charge in [0.05, 0.1) is 18.6 Å². The largest absolute Gasteiger partial charge is 0.493 e. The van der Waals surface area contributed by atoms with Crippen LogP contribution in [0.1, 0.15) is 43.2 Å². The van der Waals surface area contributed by atoms with Gasteiger partial charge in [0.2, 0.25) is 0 Å². The summed E-state index contributed by atoms with van der Waals surface area (Å²) in [6.45, 7) is -0.307. The summed E-state index contributed by atoms with van der Waals surface area (Å²) in [7, 11) is 1.43. The molecule has 1 aliphatic carbocycles. The summed E-state index contributed by atoms with van der Waals surface area (Å²) in [5.41, 5.74) is 2.57. The van der Waals surface area contributed by atoms with Crippen LogP contribution in [0, 0.1) is 17.6 Å². The van der Waals surface area contributed by atoms with Crippen LogP contribution in [0.5, 0.6) is 11.5 Å². The lowest BCUT2D eigenvalue weighted by atomic mass is 9.89. The third-order valence-electron chi connectivity index (χ3n) is 5.24. The minimum atomic E-state index is -0.696. The molecular weight excluding hydrogens is 420 g/mol. The van der Waals surface area contributed by atoms with E-state index in [0.29, 0.717) is 11.3 Å². The quantitative estimate of drug-likeness (QED) is 0.493. The molecule has 1 saturated carbocycles. The molecule has 0 atom stereocenters. The standard InChI is InChI=1S/C24H25F2NO5/c1-30-22-14-16(10-12-21(22)31-15-18-19(25)8-5-9-20(18)26)11-13-23(28)27-32-24(29)17-6-3-2-4-7-17/h5,8-14,17H,2-4,6-7,15H2,1H3,(H,27,28)/b13-11+. The van der Waals surface area contributed by atoms with E-state index in [1.165, 1.54) is 25.3 Å². The Balaban J connectivity index is 1.55. The number of rotatable bonds is 7. The van der Waals surface area contributed by atoms with Crippen LogP contribution in [0.2, 0.25) is 0 Å². The molecule has 3 rings (SSSR count). The zero-order valence-corrected chi connectivity index (χ0v) is 17.7. The van der Waals surface area contributed by atoms with Crippen LogP contribution < -0.4 is 15.0 Å². The molecule has 0 bridgehead atoms. The average Bonchev–Trinajstić information content (AvgIpc) is 2.81. The van der Waals surface area contributed by atoms with Crippen molar-refractivity contribution in [1.29, 1.82) is 0 Å². The molecule has 0 spiro atoms. The van der Waals surface area contributed by atoms with Crippen LogP contribution in [0.25, 0.3) is 6.08 Å². The fraction of sp³-hybridized carbons (Fsp3) is 0.333. The number of methoxy groups -OCH3 is 1. The molecule has 0 radical (unpaired) electrons. The third-order valence-corrected chi connectivity index (χ3v) is 5.24. The Kier molecular flexibility index (Phi) is 8.19. The predicted octanol–water partition coefficient (Wildman–Crippen LogP) is 4.72. The first kappa shape index (κ1) is 23.2. The molecule has 1 fully saturated rings. The number of benzene rings is 2. The molecule has 1 N–H and O–H groups in total. The Morgan fingerprint density at radius 1 is 1.06 bits per heavy atom. The molecule has 1 aliphatic rings. The summed E-state index contributed by atoms with van der Waals surface area (Å²) < 4.78 is 38.3. The summed E-state index contributed by atoms with van der Waals surface area (Å²) in [6, 6.07) is 8.41. The topological polar surface area (TPSA) is 73.9 Å². The molecule has 8 heteroatoms. The van der Waals surface area contributed by atoms with E-state index in [2.05, 4.69) is 5.48 Å². The summed E-state index contributed by atoms with van der Waals surface area (Å²) >= 11 is 0. The van der Waals surface area contributed by atoms with Crippen molar-refractivity contribution in [2.75, 3.05) is 7.11 Å². The fourth-order valence-corrected chi connectivity index (χ4v) is 3.46. The van der Waals surface area contributed by atoms with Crippen LogP contribution in [0.3, 0.4) is 0 Å². The van der Waals surface area contributed by atoms with E-state index in [1.807, 2.05) is 0 Å². The molecule has 0 saturated heterocycles. The number of hydrogen-bond acceptors (Lipinski definition) is 5. The van der Waals surface area contributed by atoms with Crippen molar-refractivity contribution in [1.82, 2.24) is 5.48 Å². The van der Waals surface area contributed by atoms with Crippen molar-refractivity contribution in [3.63, 3.8) is 0 Å². The Labute approximate surface area is 185 Å². The Morgan fingerprint density at radius 3 is 2.47 bits per heavy atom. The van der Waals surface area contributed by atoms with Crippen molar-refractivity contribution in [3.8, 4) is 11.5 Å². The van der Waals surface area contributed by atoms with Crippen LogP contribution in [0.15, 0.2) is 42.5 Å². The molecule has 32 heavy (non-hydrogen) atoms. The number of halogens is 2. The van der Waals surface area contributed by atoms with E-state index < -0.39 is 23.5 Å². The highest BCUT2D eigenvalue weighted by Crippen LogP contribution is 2.30. The summed E-state index contributed by atoms with van der Waals surface area (Å²) in [4.78, 5) is 28.8. The van der Waals surface area contributed by atoms with Gasteiger partial charge in [-0.15, -0.1) is 0 Å². The molecule has 1 amide bonds. The zero-order chi connectivity index (χ0) is 22.9. The van der Waals surface area contributed by atoms with E-state index in [4.69, 9.17) is 14.3 Å². The average molecular weight is 445 g/mol. The van der Waals surface area contributed by atoms with E-state index in [0.717, 1.165) is 44.2 Å². The SMILES string of the molecule is COc1cc(/C=C/C(=O)NOC(=O)C2CCCCC2)ccc1OCc1c(F)cccc1F. The smallest absolute Gasteiger partial charge is 0.335 e. The molecule has 0 aliphatic heterocycles. The van der Waals surface area contributed by atoms with Crippen LogP contribution in [-0.2, 0) is 21.0 Å². The van der Waals surface area contributed by atoms with Crippen LogP contribution >= 0.6 is 0 Å². The molecule has 2 aromatic carbocycles. The molecule has 0 aromatic heterocycles. The Bertz CT molecular complexity index is 966. The lowest BCUT2D eigenvalue weighted by Gasteiger charge is -2.19. The van der Waals surface area contributed by atoms with Gasteiger partial charge in [0.25, 0.3) is 5.91 Å². The van der Waals surface area contributed by atoms with Crippen molar-refractivity contribution < 1.29 is 32.7 Å². The van der Waals surface area contributed by atoms with Gasteiger partial charge in [0, 0.05) is 6.08 Å². The highest BCUT2D eigenvalue weighted by Gasteiger charge is 2.23. The van der Waals surface area contributed by atoms with Gasteiger partial charge in [-0.25, -0.2) is 13.6 Å². The van der Waals surface area contributed by atoms with Gasteiger partial charge in [-0.3, -0.25) is 4.79 Å². The minimum Gasteiger partial charge on any atom is -0.493 e. The van der Waals surface area contributed by atoms with Crippen molar-refractivity contribution >= 4 is 18.0 Å². The second-order valence-electron chi connectivity index (χ2n) is 7.45. The second-order valence-corrected chi connectivity index (χ2v) is 7.45. The number of amides is 1. The maximum absolute atomic E-state index is 13.8. The van der Waals surface area contributed by atoms with Gasteiger partial charge in [-0.2, -0.15) is 5.48 Å². The number of nitrogens with one attached hydrogen (secondary N) is 1. The Morgan fingerprint density at radius 2 is 1.78 bits per heavy atom. The van der Waals surface area contributed by atoms with Gasteiger partial charge in [-0.05, 0) is 48.7 Å². The first-order chi connectivity index (χ1) is 15.5. The van der Waals surface area contributed by atoms with Gasteiger partial charge in [0.15, 0.2) is 11.5 Å². The number of carbonyl (C=O) groups is 2. The van der Waals surface area contributed by atoms with Gasteiger partial charge in [-0.1, -0.05) is 31.4 Å². The number of carbonyl (C=O) groups excluding carboxylic acids is 2. The van der Waals surface area contributed by atoms with Gasteiger partial charge in [0.1, 0.15) is 18.2 Å². The highest BCUT2D eigenvalue weighted by atomic mass is 19.1. The monoisotopic (exact) mass is 445 g/mol. The van der Waals surface area contributed by atoms with E-state index in [9.17, 15) is 18.4 Å². The number of ether oxygens (including phenoxy) is 2. The highest BCUT2D eigenvalue weighted by molar-refractivity contribution is 5.92. The lowest BCUT2D eigenvalue weighted by molar-refractivity contribution is -0.161. The molecule has 2 aromatic rings. The lowest BCUT2D eigenvalue weighted by Crippen LogP contribution is -2.30. The first-order valence-corrected chi connectivity index (χ1v) is 10.4. The predicted molar refractivity (Wildman–Crippen MR) is 114 cm³/mol. The summed E-state index contributed by atoms with van der Waals surface area (Å²) in [6.07, 6.45) is 7.39. The van der Waals surface area contributed by atoms with Crippen molar-refractivity contribution in [3.05, 3.63) is 65.2 Å². The molecule has 170 valence electrons. The Hall–Kier alpha value is -3.42. The molecule has 0 heterocycles. The van der Waals surface area contributed by atoms with E-state index >= 15 is 0 Å². The molecule has 0 unspecified atom stereocenters. The minimum absolute atomic E-state index is 0.164. The fourth-order valence-electron chi connectivity index (χ4n) is 3.46. The summed E-state index contributed by atoms with van der Waals surface area (Å²) in [5, 5.41) is 0. The number of hydrogen-bond donors (Lipinski definition) is 1. The normalized spacial score (nSPS) is 14.2. The molecular formula is C24H25F2NO5. The van der Waals surface area contributed by atoms with Crippen LogP contribution in [0.4, 0.5) is 8.78 Å². The maximum Gasteiger partial charge on any atom is 0.335 e. The van der Waals surface area contributed by atoms with Crippen molar-refractivity contribution in [2.24, 2.45) is 5.92 Å². The van der Waals surface area contributed by atoms with E-state index in [1.54, 1.807) is 18.2 Å². The molecule has 6 nitrogen and oxygen atoms in total. The third kappa shape index (κ3) is 6.29. The zero-order valence-electron chi connectivity index (χ0n) is 17.7. The number of hydroxylamine groups is 1. The van der Waals surface area contributed by atoms with Crippen molar-refractivity contribution in [2.45, 2.75) is 38.7 Å². The van der Waals surface area contributed by atoms with Gasteiger partial charge < -0.3 is 14.3 Å². The second kappa shape index (κ2) is 11.3. The van der Waals surface area contributed by atoms with Gasteiger partial charge >= 0.3 is 5.97 Å². The maximum atomic E-state index is 13.8. The van der Waals surface area contributed by atoms with E-state index in [-0.39, 0.29) is 23.8 Å². The van der Waals surface area contributed by atoms with Crippen LogP contribution in [-0.4, -0.2) is 19.0 Å². The summed E-state index contributed by atoms with van der Waals surface area (Å²) in [5.74, 6) is -1.93. The first-order valence-electron chi connectivity index (χ1n) is 10.4.